The zero-order valence-corrected chi connectivity index (χ0v) is 14.0. The Balaban J connectivity index is 1.41. The van der Waals surface area contributed by atoms with Crippen LogP contribution in [0.15, 0.2) is 65.3 Å². The highest BCUT2D eigenvalue weighted by molar-refractivity contribution is 6.05. The van der Waals surface area contributed by atoms with Crippen LogP contribution in [-0.2, 0) is 0 Å². The molecule has 2 aromatic heterocycles. The van der Waals surface area contributed by atoms with Crippen molar-refractivity contribution in [2.24, 2.45) is 0 Å². The number of pyridine rings is 1. The highest BCUT2D eigenvalue weighted by atomic mass is 16.7. The van der Waals surface area contributed by atoms with E-state index >= 15 is 0 Å². The number of hydrogen-bond donors (Lipinski definition) is 1. The summed E-state index contributed by atoms with van der Waals surface area (Å²) in [5, 5.41) is 2.86. The molecule has 0 saturated heterocycles. The number of hydrogen-bond acceptors (Lipinski definition) is 6. The SMILES string of the molecule is O=C(Nc1ccc2oc(-c3cccnc3)nc2c1)c1ccc2c(c1)OCO2. The average molecular weight is 359 g/mol. The molecule has 7 nitrogen and oxygen atoms in total. The van der Waals surface area contributed by atoms with Crippen LogP contribution in [0.25, 0.3) is 22.6 Å². The highest BCUT2D eigenvalue weighted by Gasteiger charge is 2.17. The van der Waals surface area contributed by atoms with Crippen molar-refractivity contribution in [3.05, 3.63) is 66.5 Å². The van der Waals surface area contributed by atoms with Crippen molar-refractivity contribution in [2.75, 3.05) is 12.1 Å². The Morgan fingerprint density at radius 3 is 2.85 bits per heavy atom. The molecule has 3 heterocycles. The molecule has 0 atom stereocenters. The van der Waals surface area contributed by atoms with Gasteiger partial charge in [0.15, 0.2) is 17.1 Å². The summed E-state index contributed by atoms with van der Waals surface area (Å²) in [6.45, 7) is 0.169. The number of carbonyl (C=O) groups excluding carboxylic acids is 1. The molecule has 1 amide bonds. The molecule has 4 aromatic rings. The molecule has 1 aliphatic heterocycles. The second-order valence-electron chi connectivity index (χ2n) is 5.97. The molecule has 0 aliphatic carbocycles. The van der Waals surface area contributed by atoms with Gasteiger partial charge in [-0.2, -0.15) is 0 Å². The van der Waals surface area contributed by atoms with Crippen molar-refractivity contribution in [3.63, 3.8) is 0 Å². The number of carbonyl (C=O) groups is 1. The first-order chi connectivity index (χ1) is 13.3. The second kappa shape index (κ2) is 6.14. The number of benzene rings is 2. The fourth-order valence-corrected chi connectivity index (χ4v) is 2.86. The number of aromatic nitrogens is 2. The normalized spacial score (nSPS) is 12.3. The minimum absolute atomic E-state index is 0.169. The highest BCUT2D eigenvalue weighted by Crippen LogP contribution is 2.33. The van der Waals surface area contributed by atoms with Gasteiger partial charge < -0.3 is 19.2 Å². The third-order valence-electron chi connectivity index (χ3n) is 4.19. The first-order valence-electron chi connectivity index (χ1n) is 8.28. The molecule has 0 radical (unpaired) electrons. The molecule has 27 heavy (non-hydrogen) atoms. The number of ether oxygens (including phenoxy) is 2. The number of fused-ring (bicyclic) bond motifs is 2. The maximum Gasteiger partial charge on any atom is 0.255 e. The smallest absolute Gasteiger partial charge is 0.255 e. The summed E-state index contributed by atoms with van der Waals surface area (Å²) in [6.07, 6.45) is 3.38. The number of oxazole rings is 1. The van der Waals surface area contributed by atoms with E-state index in [4.69, 9.17) is 13.9 Å². The zero-order chi connectivity index (χ0) is 18.2. The summed E-state index contributed by atoms with van der Waals surface area (Å²) in [4.78, 5) is 21.1. The van der Waals surface area contributed by atoms with Crippen LogP contribution in [-0.4, -0.2) is 22.7 Å². The predicted octanol–water partition coefficient (Wildman–Crippen LogP) is 3.87. The zero-order valence-electron chi connectivity index (χ0n) is 14.0. The average Bonchev–Trinajstić information content (AvgIpc) is 3.34. The van der Waals surface area contributed by atoms with Gasteiger partial charge in [-0.05, 0) is 48.5 Å². The van der Waals surface area contributed by atoms with Crippen LogP contribution in [0.3, 0.4) is 0 Å². The molecule has 5 rings (SSSR count). The van der Waals surface area contributed by atoms with Gasteiger partial charge in [-0.25, -0.2) is 4.98 Å². The van der Waals surface area contributed by atoms with Crippen molar-refractivity contribution in [3.8, 4) is 23.0 Å². The van der Waals surface area contributed by atoms with Gasteiger partial charge in [0.25, 0.3) is 5.91 Å². The fourth-order valence-electron chi connectivity index (χ4n) is 2.86. The van der Waals surface area contributed by atoms with Gasteiger partial charge in [0.1, 0.15) is 5.52 Å². The minimum atomic E-state index is -0.247. The van der Waals surface area contributed by atoms with E-state index in [9.17, 15) is 4.79 Å². The van der Waals surface area contributed by atoms with Crippen LogP contribution in [0.2, 0.25) is 0 Å². The van der Waals surface area contributed by atoms with Gasteiger partial charge in [-0.1, -0.05) is 0 Å². The van der Waals surface area contributed by atoms with Gasteiger partial charge in [0.2, 0.25) is 12.7 Å². The van der Waals surface area contributed by atoms with Crippen LogP contribution in [0.1, 0.15) is 10.4 Å². The summed E-state index contributed by atoms with van der Waals surface area (Å²) in [5.74, 6) is 1.44. The van der Waals surface area contributed by atoms with Crippen molar-refractivity contribution in [2.45, 2.75) is 0 Å². The molecule has 2 aromatic carbocycles. The van der Waals surface area contributed by atoms with Crippen molar-refractivity contribution >= 4 is 22.7 Å². The summed E-state index contributed by atoms with van der Waals surface area (Å²) >= 11 is 0. The largest absolute Gasteiger partial charge is 0.454 e. The van der Waals surface area contributed by atoms with E-state index in [0.29, 0.717) is 39.7 Å². The van der Waals surface area contributed by atoms with Crippen LogP contribution < -0.4 is 14.8 Å². The minimum Gasteiger partial charge on any atom is -0.454 e. The van der Waals surface area contributed by atoms with E-state index in [0.717, 1.165) is 5.56 Å². The number of anilines is 1. The third-order valence-corrected chi connectivity index (χ3v) is 4.19. The molecule has 7 heteroatoms. The Labute approximate surface area is 153 Å². The molecular formula is C20H13N3O4. The number of nitrogens with zero attached hydrogens (tertiary/aromatic N) is 2. The number of nitrogens with one attached hydrogen (secondary N) is 1. The lowest BCUT2D eigenvalue weighted by molar-refractivity contribution is 0.102. The lowest BCUT2D eigenvalue weighted by Crippen LogP contribution is -2.11. The Morgan fingerprint density at radius 2 is 1.96 bits per heavy atom. The Hall–Kier alpha value is -3.87. The van der Waals surface area contributed by atoms with E-state index in [1.807, 2.05) is 12.1 Å². The van der Waals surface area contributed by atoms with Crippen LogP contribution in [0.4, 0.5) is 5.69 Å². The molecule has 0 unspecified atom stereocenters. The lowest BCUT2D eigenvalue weighted by atomic mass is 10.2. The fraction of sp³-hybridized carbons (Fsp3) is 0.0500. The van der Waals surface area contributed by atoms with Crippen LogP contribution in [0.5, 0.6) is 11.5 Å². The standard InChI is InChI=1S/C20H13N3O4/c24-19(12-3-5-17-18(8-12)26-11-25-17)22-14-4-6-16-15(9-14)23-20(27-16)13-2-1-7-21-10-13/h1-10H,11H2,(H,22,24). The molecule has 0 spiro atoms. The Kier molecular flexibility index (Phi) is 3.50. The summed E-state index contributed by atoms with van der Waals surface area (Å²) in [7, 11) is 0. The summed E-state index contributed by atoms with van der Waals surface area (Å²) in [6, 6.07) is 14.1. The topological polar surface area (TPSA) is 86.5 Å². The third kappa shape index (κ3) is 2.85. The van der Waals surface area contributed by atoms with E-state index in [-0.39, 0.29) is 12.7 Å². The van der Waals surface area contributed by atoms with Crippen molar-refractivity contribution < 1.29 is 18.7 Å². The molecule has 0 fully saturated rings. The molecule has 132 valence electrons. The van der Waals surface area contributed by atoms with Crippen molar-refractivity contribution in [1.29, 1.82) is 0 Å². The number of amides is 1. The first kappa shape index (κ1) is 15.4. The quantitative estimate of drug-likeness (QED) is 0.597. The van der Waals surface area contributed by atoms with E-state index in [1.54, 1.807) is 48.8 Å². The first-order valence-corrected chi connectivity index (χ1v) is 8.28. The van der Waals surface area contributed by atoms with Crippen molar-refractivity contribution in [1.82, 2.24) is 9.97 Å². The Bertz CT molecular complexity index is 1150. The monoisotopic (exact) mass is 359 g/mol. The molecular weight excluding hydrogens is 346 g/mol. The molecule has 0 bridgehead atoms. The maximum absolute atomic E-state index is 12.5. The second-order valence-corrected chi connectivity index (χ2v) is 5.97. The predicted molar refractivity (Wildman–Crippen MR) is 97.8 cm³/mol. The van der Waals surface area contributed by atoms with Gasteiger partial charge >= 0.3 is 0 Å². The Morgan fingerprint density at radius 1 is 1.04 bits per heavy atom. The molecule has 1 N–H and O–H groups in total. The van der Waals surface area contributed by atoms with Crippen LogP contribution in [0, 0.1) is 0 Å². The van der Waals surface area contributed by atoms with Gasteiger partial charge in [0.05, 0.1) is 5.56 Å². The molecule has 1 aliphatic rings. The summed E-state index contributed by atoms with van der Waals surface area (Å²) in [5.41, 5.74) is 3.18. The van der Waals surface area contributed by atoms with E-state index in [1.165, 1.54) is 0 Å². The van der Waals surface area contributed by atoms with Gasteiger partial charge in [-0.15, -0.1) is 0 Å². The lowest BCUT2D eigenvalue weighted by Gasteiger charge is -2.05. The maximum atomic E-state index is 12.5. The summed E-state index contributed by atoms with van der Waals surface area (Å²) < 4.78 is 16.3. The number of rotatable bonds is 3. The van der Waals surface area contributed by atoms with Crippen LogP contribution >= 0.6 is 0 Å². The van der Waals surface area contributed by atoms with Gasteiger partial charge in [0, 0.05) is 23.6 Å². The van der Waals surface area contributed by atoms with E-state index < -0.39 is 0 Å². The molecule has 0 saturated carbocycles. The van der Waals surface area contributed by atoms with E-state index in [2.05, 4.69) is 15.3 Å². The van der Waals surface area contributed by atoms with Gasteiger partial charge in [-0.3, -0.25) is 9.78 Å².